The molecule has 0 spiro atoms. The van der Waals surface area contributed by atoms with Crippen LogP contribution < -0.4 is 0 Å². The van der Waals surface area contributed by atoms with Gasteiger partial charge < -0.3 is 4.40 Å². The number of aromatic nitrogens is 1. The minimum Gasteiger partial charge on any atom is -0.315 e. The zero-order valence-electron chi connectivity index (χ0n) is 19.2. The van der Waals surface area contributed by atoms with Crippen LogP contribution in [0.2, 0.25) is 0 Å². The molecule has 0 aliphatic heterocycles. The van der Waals surface area contributed by atoms with Gasteiger partial charge in [-0.1, -0.05) is 78.9 Å². The molecule has 0 N–H and O–H groups in total. The van der Waals surface area contributed by atoms with Crippen LogP contribution in [0.3, 0.4) is 0 Å². The highest BCUT2D eigenvalue weighted by molar-refractivity contribution is 6.22. The maximum Gasteiger partial charge on any atom is 0.0613 e. The van der Waals surface area contributed by atoms with E-state index in [2.05, 4.69) is 108 Å². The molecule has 5 aromatic carbocycles. The van der Waals surface area contributed by atoms with Gasteiger partial charge in [-0.15, -0.1) is 0 Å². The van der Waals surface area contributed by atoms with Crippen molar-refractivity contribution >= 4 is 38.0 Å². The van der Waals surface area contributed by atoms with Gasteiger partial charge in [-0.05, 0) is 80.9 Å². The average molecular weight is 444 g/mol. The fourth-order valence-electron chi connectivity index (χ4n) is 6.91. The van der Waals surface area contributed by atoms with Gasteiger partial charge in [0.05, 0.1) is 11.0 Å². The van der Waals surface area contributed by atoms with Crippen molar-refractivity contribution in [3.8, 4) is 22.3 Å². The molecule has 35 heavy (non-hydrogen) atoms. The highest BCUT2D eigenvalue weighted by atomic mass is 14.9. The molecule has 2 aliphatic carbocycles. The van der Waals surface area contributed by atoms with E-state index in [4.69, 9.17) is 0 Å². The van der Waals surface area contributed by atoms with Gasteiger partial charge in [-0.25, -0.2) is 0 Å². The van der Waals surface area contributed by atoms with E-state index < -0.39 is 0 Å². The number of fused-ring (bicyclic) bond motifs is 15. The first-order valence-electron chi connectivity index (χ1n) is 12.5. The molecule has 0 radical (unpaired) electrons. The SMILES string of the molecule is c1ccc2c(c1)Cc1cc3c(cc1-2)c1c2c(ccc1n1cc4ccccc4c31)-c1ccccc1C2. The fraction of sp³-hybridized carbons (Fsp3) is 0.0588. The molecule has 2 aromatic heterocycles. The third-order valence-corrected chi connectivity index (χ3v) is 8.41. The fourth-order valence-corrected chi connectivity index (χ4v) is 6.91. The van der Waals surface area contributed by atoms with Crippen molar-refractivity contribution in [2.45, 2.75) is 12.8 Å². The minimum atomic E-state index is 0.998. The molecule has 7 aromatic rings. The largest absolute Gasteiger partial charge is 0.315 e. The quantitative estimate of drug-likeness (QED) is 0.207. The highest BCUT2D eigenvalue weighted by Gasteiger charge is 2.25. The Morgan fingerprint density at radius 2 is 1.26 bits per heavy atom. The second kappa shape index (κ2) is 6.20. The van der Waals surface area contributed by atoms with Gasteiger partial charge in [-0.2, -0.15) is 0 Å². The van der Waals surface area contributed by atoms with Crippen LogP contribution in [-0.2, 0) is 12.8 Å². The van der Waals surface area contributed by atoms with Crippen LogP contribution in [0.1, 0.15) is 22.3 Å². The van der Waals surface area contributed by atoms with Gasteiger partial charge in [0, 0.05) is 27.7 Å². The highest BCUT2D eigenvalue weighted by Crippen LogP contribution is 2.47. The second-order valence-corrected chi connectivity index (χ2v) is 10.1. The Hall–Kier alpha value is -4.36. The summed E-state index contributed by atoms with van der Waals surface area (Å²) in [5.74, 6) is 0. The normalized spacial score (nSPS) is 13.5. The zero-order chi connectivity index (χ0) is 22.7. The summed E-state index contributed by atoms with van der Waals surface area (Å²) in [7, 11) is 0. The Bertz CT molecular complexity index is 2050. The van der Waals surface area contributed by atoms with E-state index in [0.29, 0.717) is 0 Å². The van der Waals surface area contributed by atoms with E-state index in [1.807, 2.05) is 0 Å². The first-order chi connectivity index (χ1) is 17.3. The Kier molecular flexibility index (Phi) is 3.19. The molecule has 162 valence electrons. The van der Waals surface area contributed by atoms with Crippen molar-refractivity contribution in [3.63, 3.8) is 0 Å². The Morgan fingerprint density at radius 3 is 2.14 bits per heavy atom. The van der Waals surface area contributed by atoms with Crippen LogP contribution in [-0.4, -0.2) is 4.40 Å². The summed E-state index contributed by atoms with van der Waals surface area (Å²) in [5.41, 5.74) is 14.0. The third-order valence-electron chi connectivity index (χ3n) is 8.41. The number of benzene rings is 5. The lowest BCUT2D eigenvalue weighted by atomic mass is 9.93. The van der Waals surface area contributed by atoms with E-state index in [-0.39, 0.29) is 0 Å². The molecule has 0 atom stereocenters. The van der Waals surface area contributed by atoms with E-state index in [1.54, 1.807) is 0 Å². The summed E-state index contributed by atoms with van der Waals surface area (Å²) in [5, 5.41) is 6.80. The predicted molar refractivity (Wildman–Crippen MR) is 146 cm³/mol. The number of hydrogen-bond acceptors (Lipinski definition) is 0. The number of pyridine rings is 1. The lowest BCUT2D eigenvalue weighted by molar-refractivity contribution is 1.25. The molecule has 0 amide bonds. The van der Waals surface area contributed by atoms with Gasteiger partial charge in [0.15, 0.2) is 0 Å². The zero-order valence-corrected chi connectivity index (χ0v) is 19.2. The lowest BCUT2D eigenvalue weighted by Crippen LogP contribution is -1.95. The molecular weight excluding hydrogens is 422 g/mol. The molecule has 0 unspecified atom stereocenters. The monoisotopic (exact) mass is 443 g/mol. The molecule has 0 saturated carbocycles. The standard InChI is InChI=1S/C34H21N/c1-5-11-25-20(7-1)15-23-17-31-30(18-28(23)25)33-29-16-21-8-2-4-10-24(21)27(29)13-14-32(33)35-19-22-9-3-6-12-26(22)34(31)35/h1-14,17-19H,15-16H2. The first-order valence-corrected chi connectivity index (χ1v) is 12.5. The average Bonchev–Trinajstić information content (AvgIpc) is 3.58. The van der Waals surface area contributed by atoms with Crippen LogP contribution in [0.25, 0.3) is 60.2 Å². The van der Waals surface area contributed by atoms with E-state index in [0.717, 1.165) is 12.8 Å². The van der Waals surface area contributed by atoms with E-state index in [1.165, 1.54) is 82.5 Å². The van der Waals surface area contributed by atoms with Crippen LogP contribution >= 0.6 is 0 Å². The van der Waals surface area contributed by atoms with Crippen molar-refractivity contribution in [3.05, 3.63) is 126 Å². The van der Waals surface area contributed by atoms with Gasteiger partial charge in [0.1, 0.15) is 0 Å². The predicted octanol–water partition coefficient (Wildman–Crippen LogP) is 8.54. The van der Waals surface area contributed by atoms with Crippen LogP contribution in [0, 0.1) is 0 Å². The van der Waals surface area contributed by atoms with Gasteiger partial charge in [-0.3, -0.25) is 0 Å². The van der Waals surface area contributed by atoms with Crippen molar-refractivity contribution in [1.29, 1.82) is 0 Å². The van der Waals surface area contributed by atoms with Gasteiger partial charge in [0.25, 0.3) is 0 Å². The summed E-state index contributed by atoms with van der Waals surface area (Å²) >= 11 is 0. The summed E-state index contributed by atoms with van der Waals surface area (Å²) in [6, 6.07) is 36.4. The summed E-state index contributed by atoms with van der Waals surface area (Å²) in [6.45, 7) is 0. The van der Waals surface area contributed by atoms with Crippen LogP contribution in [0.4, 0.5) is 0 Å². The Balaban J connectivity index is 1.53. The number of nitrogens with zero attached hydrogens (tertiary/aromatic N) is 1. The molecule has 0 bridgehead atoms. The maximum absolute atomic E-state index is 2.50. The summed E-state index contributed by atoms with van der Waals surface area (Å²) < 4.78 is 2.46. The molecule has 2 aliphatic rings. The van der Waals surface area contributed by atoms with Gasteiger partial charge >= 0.3 is 0 Å². The molecule has 1 heteroatoms. The third kappa shape index (κ3) is 2.19. The van der Waals surface area contributed by atoms with Crippen molar-refractivity contribution in [2.75, 3.05) is 0 Å². The van der Waals surface area contributed by atoms with Crippen LogP contribution in [0.15, 0.2) is 103 Å². The van der Waals surface area contributed by atoms with E-state index in [9.17, 15) is 0 Å². The number of hydrogen-bond donors (Lipinski definition) is 0. The summed E-state index contributed by atoms with van der Waals surface area (Å²) in [6.07, 6.45) is 4.35. The molecule has 0 saturated heterocycles. The molecule has 9 rings (SSSR count). The first kappa shape index (κ1) is 18.0. The Morgan fingerprint density at radius 1 is 0.514 bits per heavy atom. The van der Waals surface area contributed by atoms with Crippen molar-refractivity contribution in [2.24, 2.45) is 0 Å². The minimum absolute atomic E-state index is 0.998. The smallest absolute Gasteiger partial charge is 0.0613 e. The van der Waals surface area contributed by atoms with E-state index >= 15 is 0 Å². The van der Waals surface area contributed by atoms with Crippen molar-refractivity contribution < 1.29 is 0 Å². The molecular formula is C34H21N. The molecule has 1 nitrogen and oxygen atoms in total. The maximum atomic E-state index is 2.50. The second-order valence-electron chi connectivity index (χ2n) is 10.1. The van der Waals surface area contributed by atoms with Crippen LogP contribution in [0.5, 0.6) is 0 Å². The molecule has 2 heterocycles. The van der Waals surface area contributed by atoms with Gasteiger partial charge in [0.2, 0.25) is 0 Å². The summed E-state index contributed by atoms with van der Waals surface area (Å²) in [4.78, 5) is 0. The van der Waals surface area contributed by atoms with Crippen molar-refractivity contribution in [1.82, 2.24) is 4.40 Å². The lowest BCUT2D eigenvalue weighted by Gasteiger charge is -2.15. The molecule has 0 fully saturated rings. The number of rotatable bonds is 0. The Labute approximate surface area is 202 Å². The topological polar surface area (TPSA) is 4.41 Å².